The number of imidazole rings is 1. The van der Waals surface area contributed by atoms with Crippen molar-refractivity contribution in [3.63, 3.8) is 0 Å². The Labute approximate surface area is 126 Å². The summed E-state index contributed by atoms with van der Waals surface area (Å²) < 4.78 is 17.1. The van der Waals surface area contributed by atoms with Crippen molar-refractivity contribution in [2.45, 2.75) is 0 Å². The molecule has 0 N–H and O–H groups in total. The van der Waals surface area contributed by atoms with Gasteiger partial charge in [0.05, 0.1) is 6.33 Å². The van der Waals surface area contributed by atoms with Crippen LogP contribution in [0.25, 0.3) is 28.1 Å². The average Bonchev–Trinajstić information content (AvgIpc) is 3.11. The van der Waals surface area contributed by atoms with Gasteiger partial charge in [0, 0.05) is 30.4 Å². The van der Waals surface area contributed by atoms with E-state index in [4.69, 9.17) is 0 Å². The molecule has 3 heterocycles. The molecule has 0 aliphatic heterocycles. The van der Waals surface area contributed by atoms with E-state index in [0.717, 1.165) is 28.1 Å². The largest absolute Gasteiger partial charge is 0.320 e. The Bertz CT molecular complexity index is 950. The summed E-state index contributed by atoms with van der Waals surface area (Å²) in [6.45, 7) is 0. The summed E-state index contributed by atoms with van der Waals surface area (Å²) in [5.74, 6) is 0.648. The van der Waals surface area contributed by atoms with Crippen LogP contribution < -0.4 is 0 Å². The van der Waals surface area contributed by atoms with Gasteiger partial charge >= 0.3 is 0 Å². The molecule has 4 rings (SSSR count). The molecular weight excluding hydrogens is 279 g/mol. The average molecular weight is 292 g/mol. The number of pyridine rings is 1. The lowest BCUT2D eigenvalue weighted by atomic mass is 10.1. The molecule has 1 aromatic carbocycles. The van der Waals surface area contributed by atoms with Crippen molar-refractivity contribution >= 4 is 11.0 Å². The fraction of sp³-hybridized carbons (Fsp3) is 0.0588. The van der Waals surface area contributed by atoms with Gasteiger partial charge in [-0.15, -0.1) is 0 Å². The second-order valence-corrected chi connectivity index (χ2v) is 5.14. The molecule has 0 unspecified atom stereocenters. The van der Waals surface area contributed by atoms with E-state index < -0.39 is 0 Å². The van der Waals surface area contributed by atoms with Crippen molar-refractivity contribution in [1.82, 2.24) is 19.1 Å². The zero-order chi connectivity index (χ0) is 15.1. The SMILES string of the molecule is Cn1cnc(-c2ccc(F)cc2)c1-n1ccc2cccnc21. The van der Waals surface area contributed by atoms with Crippen molar-refractivity contribution in [2.75, 3.05) is 0 Å². The predicted octanol–water partition coefficient (Wildman–Crippen LogP) is 3.57. The maximum absolute atomic E-state index is 13.1. The first-order chi connectivity index (χ1) is 10.7. The summed E-state index contributed by atoms with van der Waals surface area (Å²) in [6, 6.07) is 12.3. The number of hydrogen-bond donors (Lipinski definition) is 0. The Balaban J connectivity index is 1.96. The van der Waals surface area contributed by atoms with E-state index >= 15 is 0 Å². The molecule has 4 aromatic rings. The van der Waals surface area contributed by atoms with Crippen molar-refractivity contribution in [3.8, 4) is 17.1 Å². The first-order valence-corrected chi connectivity index (χ1v) is 6.94. The standard InChI is InChI=1S/C17H13FN4/c1-21-11-20-15(12-4-6-14(18)7-5-12)17(21)22-10-8-13-3-2-9-19-16(13)22/h2-11H,1H3. The summed E-state index contributed by atoms with van der Waals surface area (Å²) in [6.07, 6.45) is 5.50. The molecule has 0 saturated heterocycles. The summed E-state index contributed by atoms with van der Waals surface area (Å²) in [4.78, 5) is 8.92. The Hall–Kier alpha value is -2.95. The van der Waals surface area contributed by atoms with Crippen LogP contribution in [0.15, 0.2) is 61.2 Å². The van der Waals surface area contributed by atoms with Gasteiger partial charge in [-0.05, 0) is 42.5 Å². The van der Waals surface area contributed by atoms with Crippen LogP contribution in [0.5, 0.6) is 0 Å². The van der Waals surface area contributed by atoms with Gasteiger partial charge in [0.15, 0.2) is 0 Å². The Morgan fingerprint density at radius 2 is 1.82 bits per heavy atom. The lowest BCUT2D eigenvalue weighted by Crippen LogP contribution is -2.02. The quantitative estimate of drug-likeness (QED) is 0.566. The molecule has 0 fully saturated rings. The highest BCUT2D eigenvalue weighted by Gasteiger charge is 2.15. The lowest BCUT2D eigenvalue weighted by molar-refractivity contribution is 0.628. The summed E-state index contributed by atoms with van der Waals surface area (Å²) in [5.41, 5.74) is 2.54. The van der Waals surface area contributed by atoms with Gasteiger partial charge in [0.25, 0.3) is 0 Å². The number of halogens is 1. The lowest BCUT2D eigenvalue weighted by Gasteiger charge is -2.09. The maximum Gasteiger partial charge on any atom is 0.146 e. The second-order valence-electron chi connectivity index (χ2n) is 5.14. The molecule has 0 spiro atoms. The molecule has 4 nitrogen and oxygen atoms in total. The molecule has 0 bridgehead atoms. The molecule has 0 aliphatic carbocycles. The van der Waals surface area contributed by atoms with Crippen molar-refractivity contribution < 1.29 is 4.39 Å². The number of rotatable bonds is 2. The van der Waals surface area contributed by atoms with Crippen molar-refractivity contribution in [2.24, 2.45) is 7.05 Å². The van der Waals surface area contributed by atoms with Crippen LogP contribution in [0.4, 0.5) is 4.39 Å². The van der Waals surface area contributed by atoms with E-state index in [1.165, 1.54) is 12.1 Å². The summed E-state index contributed by atoms with van der Waals surface area (Å²) in [7, 11) is 1.93. The predicted molar refractivity (Wildman–Crippen MR) is 83.2 cm³/mol. The van der Waals surface area contributed by atoms with E-state index in [1.54, 1.807) is 24.7 Å². The van der Waals surface area contributed by atoms with Gasteiger partial charge in [-0.2, -0.15) is 0 Å². The molecule has 0 saturated carbocycles. The molecular formula is C17H13FN4. The first kappa shape index (κ1) is 12.8. The highest BCUT2D eigenvalue weighted by Crippen LogP contribution is 2.27. The smallest absolute Gasteiger partial charge is 0.146 e. The minimum Gasteiger partial charge on any atom is -0.320 e. The van der Waals surface area contributed by atoms with E-state index in [9.17, 15) is 4.39 Å². The third-order valence-corrected chi connectivity index (χ3v) is 3.70. The Morgan fingerprint density at radius 1 is 1.00 bits per heavy atom. The van der Waals surface area contributed by atoms with Crippen LogP contribution >= 0.6 is 0 Å². The van der Waals surface area contributed by atoms with Crippen LogP contribution in [0, 0.1) is 5.82 Å². The molecule has 0 amide bonds. The number of fused-ring (bicyclic) bond motifs is 1. The topological polar surface area (TPSA) is 35.6 Å². The molecule has 3 aromatic heterocycles. The number of nitrogens with zero attached hydrogens (tertiary/aromatic N) is 4. The van der Waals surface area contributed by atoms with E-state index in [1.807, 2.05) is 40.6 Å². The molecule has 108 valence electrons. The van der Waals surface area contributed by atoms with Crippen LogP contribution in [-0.2, 0) is 7.05 Å². The second kappa shape index (κ2) is 4.80. The van der Waals surface area contributed by atoms with Gasteiger partial charge in [-0.1, -0.05) is 0 Å². The molecule has 5 heteroatoms. The fourth-order valence-corrected chi connectivity index (χ4v) is 2.66. The van der Waals surface area contributed by atoms with Gasteiger partial charge < -0.3 is 4.57 Å². The fourth-order valence-electron chi connectivity index (χ4n) is 2.66. The highest BCUT2D eigenvalue weighted by atomic mass is 19.1. The van der Waals surface area contributed by atoms with Crippen LogP contribution in [0.2, 0.25) is 0 Å². The normalized spacial score (nSPS) is 11.2. The van der Waals surface area contributed by atoms with E-state index in [-0.39, 0.29) is 5.82 Å². The number of aryl methyl sites for hydroxylation is 1. The zero-order valence-corrected chi connectivity index (χ0v) is 11.9. The molecule has 0 radical (unpaired) electrons. The minimum absolute atomic E-state index is 0.255. The van der Waals surface area contributed by atoms with Crippen molar-refractivity contribution in [3.05, 3.63) is 67.0 Å². The third kappa shape index (κ3) is 1.90. The van der Waals surface area contributed by atoms with Gasteiger partial charge in [-0.3, -0.25) is 4.57 Å². The zero-order valence-electron chi connectivity index (χ0n) is 11.9. The Kier molecular flexibility index (Phi) is 2.79. The molecule has 22 heavy (non-hydrogen) atoms. The number of benzene rings is 1. The van der Waals surface area contributed by atoms with E-state index in [0.29, 0.717) is 0 Å². The van der Waals surface area contributed by atoms with E-state index in [2.05, 4.69) is 9.97 Å². The summed E-state index contributed by atoms with van der Waals surface area (Å²) >= 11 is 0. The molecule has 0 aliphatic rings. The first-order valence-electron chi connectivity index (χ1n) is 6.94. The monoisotopic (exact) mass is 292 g/mol. The van der Waals surface area contributed by atoms with Crippen molar-refractivity contribution in [1.29, 1.82) is 0 Å². The Morgan fingerprint density at radius 3 is 2.64 bits per heavy atom. The maximum atomic E-state index is 13.1. The number of hydrogen-bond acceptors (Lipinski definition) is 2. The third-order valence-electron chi connectivity index (χ3n) is 3.70. The van der Waals surface area contributed by atoms with Gasteiger partial charge in [0.1, 0.15) is 23.0 Å². The minimum atomic E-state index is -0.255. The molecule has 0 atom stereocenters. The van der Waals surface area contributed by atoms with Crippen LogP contribution in [-0.4, -0.2) is 19.1 Å². The van der Waals surface area contributed by atoms with Crippen LogP contribution in [0.1, 0.15) is 0 Å². The van der Waals surface area contributed by atoms with Crippen LogP contribution in [0.3, 0.4) is 0 Å². The summed E-state index contributed by atoms with van der Waals surface area (Å²) in [5, 5.41) is 1.06. The van der Waals surface area contributed by atoms with Gasteiger partial charge in [-0.25, -0.2) is 14.4 Å². The highest BCUT2D eigenvalue weighted by molar-refractivity contribution is 5.80. The number of aromatic nitrogens is 4. The van der Waals surface area contributed by atoms with Gasteiger partial charge in [0.2, 0.25) is 0 Å².